The van der Waals surface area contributed by atoms with E-state index < -0.39 is 0 Å². The Bertz CT molecular complexity index is 108. The van der Waals surface area contributed by atoms with Crippen LogP contribution in [0.2, 0.25) is 0 Å². The van der Waals surface area contributed by atoms with E-state index in [4.69, 9.17) is 4.74 Å². The summed E-state index contributed by atoms with van der Waals surface area (Å²) in [6, 6.07) is 0. The van der Waals surface area contributed by atoms with Gasteiger partial charge < -0.3 is 4.74 Å². The fourth-order valence-electron chi connectivity index (χ4n) is 1.56. The van der Waals surface area contributed by atoms with Crippen LogP contribution in [0.25, 0.3) is 0 Å². The summed E-state index contributed by atoms with van der Waals surface area (Å²) in [5, 5.41) is 0. The highest BCUT2D eigenvalue weighted by molar-refractivity contribution is 9.09. The molecule has 66 valence electrons. The average molecular weight is 221 g/mol. The van der Waals surface area contributed by atoms with Crippen LogP contribution < -0.4 is 0 Å². The fraction of sp³-hybridized carbons (Fsp3) is 1.00. The maximum atomic E-state index is 5.43. The molecule has 0 saturated carbocycles. The van der Waals surface area contributed by atoms with E-state index in [2.05, 4.69) is 29.8 Å². The van der Waals surface area contributed by atoms with Crippen molar-refractivity contribution in [2.75, 3.05) is 13.2 Å². The molecule has 1 heterocycles. The minimum absolute atomic E-state index is 0.620. The zero-order valence-corrected chi connectivity index (χ0v) is 8.93. The maximum absolute atomic E-state index is 5.43. The Morgan fingerprint density at radius 2 is 2.18 bits per heavy atom. The lowest BCUT2D eigenvalue weighted by atomic mass is 9.87. The molecule has 1 rings (SSSR count). The van der Waals surface area contributed by atoms with Crippen molar-refractivity contribution in [1.82, 2.24) is 0 Å². The predicted octanol–water partition coefficient (Wildman–Crippen LogP) is 2.83. The summed E-state index contributed by atoms with van der Waals surface area (Å²) in [4.78, 5) is 0.620. The summed E-state index contributed by atoms with van der Waals surface area (Å²) < 4.78 is 5.43. The van der Waals surface area contributed by atoms with Crippen molar-refractivity contribution < 1.29 is 4.74 Å². The summed E-state index contributed by atoms with van der Waals surface area (Å²) >= 11 is 3.62. The molecule has 0 N–H and O–H groups in total. The molecule has 0 aromatic heterocycles. The minimum atomic E-state index is 0.620. The van der Waals surface area contributed by atoms with E-state index in [1.165, 1.54) is 12.8 Å². The zero-order chi connectivity index (χ0) is 8.27. The van der Waals surface area contributed by atoms with E-state index in [1.807, 2.05) is 0 Å². The van der Waals surface area contributed by atoms with Gasteiger partial charge >= 0.3 is 0 Å². The SMILES string of the molecule is CC(Br)C(C)C1CCCOC1. The molecule has 0 spiro atoms. The van der Waals surface area contributed by atoms with E-state index in [0.29, 0.717) is 4.83 Å². The van der Waals surface area contributed by atoms with Crippen LogP contribution in [0.1, 0.15) is 26.7 Å². The van der Waals surface area contributed by atoms with Gasteiger partial charge in [-0.1, -0.05) is 29.8 Å². The molecule has 0 aromatic carbocycles. The highest BCUT2D eigenvalue weighted by atomic mass is 79.9. The number of rotatable bonds is 2. The van der Waals surface area contributed by atoms with Gasteiger partial charge in [0, 0.05) is 18.0 Å². The van der Waals surface area contributed by atoms with Gasteiger partial charge in [-0.25, -0.2) is 0 Å². The van der Waals surface area contributed by atoms with Crippen molar-refractivity contribution in [1.29, 1.82) is 0 Å². The van der Waals surface area contributed by atoms with Gasteiger partial charge in [-0.05, 0) is 24.7 Å². The largest absolute Gasteiger partial charge is 0.381 e. The smallest absolute Gasteiger partial charge is 0.0497 e. The first-order valence-electron chi connectivity index (χ1n) is 4.43. The molecule has 1 nitrogen and oxygen atoms in total. The number of alkyl halides is 1. The first kappa shape index (κ1) is 9.53. The molecule has 0 bridgehead atoms. The molecule has 2 heteroatoms. The standard InChI is InChI=1S/C9H17BrO/c1-7(8(2)10)9-4-3-5-11-6-9/h7-9H,3-6H2,1-2H3. The second-order valence-electron chi connectivity index (χ2n) is 3.51. The Kier molecular flexibility index (Phi) is 3.86. The third-order valence-corrected chi connectivity index (χ3v) is 3.50. The first-order valence-corrected chi connectivity index (χ1v) is 5.35. The fourth-order valence-corrected chi connectivity index (χ4v) is 1.99. The molecule has 0 amide bonds. The topological polar surface area (TPSA) is 9.23 Å². The Morgan fingerprint density at radius 1 is 1.45 bits per heavy atom. The van der Waals surface area contributed by atoms with Gasteiger partial charge in [-0.3, -0.25) is 0 Å². The Morgan fingerprint density at radius 3 is 2.64 bits per heavy atom. The average Bonchev–Trinajstić information content (AvgIpc) is 2.05. The van der Waals surface area contributed by atoms with Gasteiger partial charge in [0.15, 0.2) is 0 Å². The molecule has 1 fully saturated rings. The van der Waals surface area contributed by atoms with Crippen LogP contribution in [0.3, 0.4) is 0 Å². The lowest BCUT2D eigenvalue weighted by molar-refractivity contribution is 0.0346. The molecule has 11 heavy (non-hydrogen) atoms. The van der Waals surface area contributed by atoms with Crippen molar-refractivity contribution in [3.63, 3.8) is 0 Å². The van der Waals surface area contributed by atoms with Crippen molar-refractivity contribution in [3.05, 3.63) is 0 Å². The van der Waals surface area contributed by atoms with Crippen molar-refractivity contribution in [3.8, 4) is 0 Å². The first-order chi connectivity index (χ1) is 5.22. The monoisotopic (exact) mass is 220 g/mol. The molecular weight excluding hydrogens is 204 g/mol. The molecular formula is C9H17BrO. The van der Waals surface area contributed by atoms with Gasteiger partial charge in [0.1, 0.15) is 0 Å². The summed E-state index contributed by atoms with van der Waals surface area (Å²) in [5.74, 6) is 1.52. The maximum Gasteiger partial charge on any atom is 0.0497 e. The summed E-state index contributed by atoms with van der Waals surface area (Å²) in [7, 11) is 0. The molecule has 0 radical (unpaired) electrons. The molecule has 1 aliphatic heterocycles. The summed E-state index contributed by atoms with van der Waals surface area (Å²) in [5.41, 5.74) is 0. The third kappa shape index (κ3) is 2.75. The highest BCUT2D eigenvalue weighted by Gasteiger charge is 2.23. The van der Waals surface area contributed by atoms with Gasteiger partial charge in [-0.2, -0.15) is 0 Å². The lowest BCUT2D eigenvalue weighted by Crippen LogP contribution is -2.27. The van der Waals surface area contributed by atoms with Crippen LogP contribution in [0.4, 0.5) is 0 Å². The summed E-state index contributed by atoms with van der Waals surface area (Å²) in [6.07, 6.45) is 2.59. The Labute approximate surface area is 77.6 Å². The van der Waals surface area contributed by atoms with Crippen molar-refractivity contribution >= 4 is 15.9 Å². The Hall–Kier alpha value is 0.440. The quantitative estimate of drug-likeness (QED) is 0.651. The minimum Gasteiger partial charge on any atom is -0.381 e. The lowest BCUT2D eigenvalue weighted by Gasteiger charge is -2.29. The molecule has 3 unspecified atom stereocenters. The number of hydrogen-bond donors (Lipinski definition) is 0. The highest BCUT2D eigenvalue weighted by Crippen LogP contribution is 2.27. The van der Waals surface area contributed by atoms with Gasteiger partial charge in [-0.15, -0.1) is 0 Å². The number of halogens is 1. The van der Waals surface area contributed by atoms with Crippen molar-refractivity contribution in [2.45, 2.75) is 31.5 Å². The molecule has 3 atom stereocenters. The van der Waals surface area contributed by atoms with Gasteiger partial charge in [0.05, 0.1) is 0 Å². The number of ether oxygens (including phenoxy) is 1. The second-order valence-corrected chi connectivity index (χ2v) is 4.96. The van der Waals surface area contributed by atoms with Gasteiger partial charge in [0.2, 0.25) is 0 Å². The van der Waals surface area contributed by atoms with Crippen LogP contribution in [0.15, 0.2) is 0 Å². The molecule has 0 aliphatic carbocycles. The van der Waals surface area contributed by atoms with Crippen LogP contribution >= 0.6 is 15.9 Å². The van der Waals surface area contributed by atoms with Crippen LogP contribution in [-0.2, 0) is 4.74 Å². The van der Waals surface area contributed by atoms with E-state index in [1.54, 1.807) is 0 Å². The molecule has 1 saturated heterocycles. The van der Waals surface area contributed by atoms with Crippen molar-refractivity contribution in [2.24, 2.45) is 11.8 Å². The zero-order valence-electron chi connectivity index (χ0n) is 7.35. The van der Waals surface area contributed by atoms with Crippen LogP contribution in [0.5, 0.6) is 0 Å². The van der Waals surface area contributed by atoms with Crippen LogP contribution in [0, 0.1) is 11.8 Å². The third-order valence-electron chi connectivity index (χ3n) is 2.66. The molecule has 0 aromatic rings. The van der Waals surface area contributed by atoms with Crippen LogP contribution in [-0.4, -0.2) is 18.0 Å². The van der Waals surface area contributed by atoms with E-state index in [0.717, 1.165) is 25.0 Å². The van der Waals surface area contributed by atoms with Gasteiger partial charge in [0.25, 0.3) is 0 Å². The van der Waals surface area contributed by atoms with E-state index in [9.17, 15) is 0 Å². The summed E-state index contributed by atoms with van der Waals surface area (Å²) in [6.45, 7) is 6.47. The second kappa shape index (κ2) is 4.46. The predicted molar refractivity (Wildman–Crippen MR) is 51.1 cm³/mol. The molecule has 1 aliphatic rings. The van der Waals surface area contributed by atoms with E-state index >= 15 is 0 Å². The van der Waals surface area contributed by atoms with E-state index in [-0.39, 0.29) is 0 Å². The Balaban J connectivity index is 2.32. The normalized spacial score (nSPS) is 31.4. The number of hydrogen-bond acceptors (Lipinski definition) is 1.